The smallest absolute Gasteiger partial charge is 0.0462 e. The van der Waals surface area contributed by atoms with E-state index < -0.39 is 0 Å². The molecule has 282 valence electrons. The molecule has 1 nitrogen and oxygen atoms in total. The Kier molecular flexibility index (Phi) is 9.11. The zero-order valence-electron chi connectivity index (χ0n) is 32.9. The summed E-state index contributed by atoms with van der Waals surface area (Å²) in [6.07, 6.45) is 0. The van der Waals surface area contributed by atoms with Crippen molar-refractivity contribution in [3.63, 3.8) is 0 Å². The molecule has 0 saturated heterocycles. The molecule has 2 heteroatoms. The largest absolute Gasteiger partial charge is 0.311 e. The lowest BCUT2D eigenvalue weighted by atomic mass is 9.95. The highest BCUT2D eigenvalue weighted by molar-refractivity contribution is 7.26. The molecular weight excluding hydrogens is 743 g/mol. The van der Waals surface area contributed by atoms with Crippen molar-refractivity contribution in [3.8, 4) is 55.6 Å². The van der Waals surface area contributed by atoms with Gasteiger partial charge in [-0.05, 0) is 115 Å². The average molecular weight is 782 g/mol. The van der Waals surface area contributed by atoms with Gasteiger partial charge < -0.3 is 4.90 Å². The maximum atomic E-state index is 2.36. The number of thiophene rings is 1. The second-order valence-corrected chi connectivity index (χ2v) is 16.3. The molecule has 1 aromatic heterocycles. The Bertz CT molecular complexity index is 3270. The predicted octanol–water partition coefficient (Wildman–Crippen LogP) is 17.0. The fourth-order valence-corrected chi connectivity index (χ4v) is 10.0. The van der Waals surface area contributed by atoms with E-state index in [0.29, 0.717) is 0 Å². The highest BCUT2D eigenvalue weighted by Crippen LogP contribution is 2.45. The van der Waals surface area contributed by atoms with Crippen molar-refractivity contribution < 1.29 is 0 Å². The van der Waals surface area contributed by atoms with Crippen molar-refractivity contribution in [2.75, 3.05) is 4.90 Å². The van der Waals surface area contributed by atoms with E-state index >= 15 is 0 Å². The van der Waals surface area contributed by atoms with Crippen molar-refractivity contribution in [1.29, 1.82) is 0 Å². The number of rotatable bonds is 8. The highest BCUT2D eigenvalue weighted by Gasteiger charge is 2.17. The molecule has 0 aliphatic rings. The van der Waals surface area contributed by atoms with E-state index in [4.69, 9.17) is 0 Å². The van der Waals surface area contributed by atoms with Crippen LogP contribution in [-0.2, 0) is 0 Å². The van der Waals surface area contributed by atoms with Gasteiger partial charge in [0.05, 0.1) is 0 Å². The molecule has 60 heavy (non-hydrogen) atoms. The molecule has 0 atom stereocenters. The van der Waals surface area contributed by atoms with Crippen LogP contribution in [0.4, 0.5) is 17.1 Å². The molecule has 0 amide bonds. The summed E-state index contributed by atoms with van der Waals surface area (Å²) in [6.45, 7) is 0. The van der Waals surface area contributed by atoms with Crippen molar-refractivity contribution in [3.05, 3.63) is 237 Å². The minimum absolute atomic E-state index is 1.10. The summed E-state index contributed by atoms with van der Waals surface area (Å²) in [5, 5.41) is 5.14. The summed E-state index contributed by atoms with van der Waals surface area (Å²) in [5.74, 6) is 0. The highest BCUT2D eigenvalue weighted by atomic mass is 32.1. The molecular formula is C58H39NS. The number of hydrogen-bond donors (Lipinski definition) is 0. The minimum atomic E-state index is 1.10. The van der Waals surface area contributed by atoms with E-state index in [2.05, 4.69) is 241 Å². The summed E-state index contributed by atoms with van der Waals surface area (Å²) in [6, 6.07) is 85.9. The summed E-state index contributed by atoms with van der Waals surface area (Å²) in [7, 11) is 0. The van der Waals surface area contributed by atoms with Gasteiger partial charge in [0.1, 0.15) is 0 Å². The first-order valence-corrected chi connectivity index (χ1v) is 21.3. The summed E-state index contributed by atoms with van der Waals surface area (Å²) < 4.78 is 2.64. The van der Waals surface area contributed by atoms with Crippen molar-refractivity contribution >= 4 is 59.3 Å². The number of benzene rings is 10. The molecule has 0 saturated carbocycles. The van der Waals surface area contributed by atoms with Gasteiger partial charge in [-0.1, -0.05) is 188 Å². The van der Waals surface area contributed by atoms with Crippen molar-refractivity contribution in [1.82, 2.24) is 0 Å². The van der Waals surface area contributed by atoms with Crippen molar-refractivity contribution in [2.45, 2.75) is 0 Å². The van der Waals surface area contributed by atoms with Crippen LogP contribution in [0, 0.1) is 0 Å². The third-order valence-electron chi connectivity index (χ3n) is 11.7. The van der Waals surface area contributed by atoms with Crippen molar-refractivity contribution in [2.24, 2.45) is 0 Å². The van der Waals surface area contributed by atoms with Crippen LogP contribution in [0.2, 0.25) is 0 Å². The first-order chi connectivity index (χ1) is 29.7. The lowest BCUT2D eigenvalue weighted by molar-refractivity contribution is 1.28. The van der Waals surface area contributed by atoms with Crippen LogP contribution in [0.25, 0.3) is 86.6 Å². The Morgan fingerprint density at radius 2 is 0.733 bits per heavy atom. The van der Waals surface area contributed by atoms with E-state index in [-0.39, 0.29) is 0 Å². The summed E-state index contributed by atoms with van der Waals surface area (Å²) in [5.41, 5.74) is 15.6. The van der Waals surface area contributed by atoms with Gasteiger partial charge in [0.25, 0.3) is 0 Å². The SMILES string of the molecule is c1ccc(-c2ccc(N(c3ccc(-c4cccc(-c5cccc6sc7c(-c8ccccc8)cccc7c56)c4)cc3)c3ccc(-c4cccc5ccccc45)cc3)cc2)cc1. The van der Waals surface area contributed by atoms with Gasteiger partial charge in [-0.2, -0.15) is 0 Å². The molecule has 0 N–H and O–H groups in total. The topological polar surface area (TPSA) is 3.24 Å². The molecule has 0 aliphatic carbocycles. The van der Waals surface area contributed by atoms with E-state index in [1.54, 1.807) is 0 Å². The molecule has 11 rings (SSSR count). The van der Waals surface area contributed by atoms with E-state index in [1.165, 1.54) is 86.6 Å². The first-order valence-electron chi connectivity index (χ1n) is 20.5. The van der Waals surface area contributed by atoms with Gasteiger partial charge in [-0.15, -0.1) is 11.3 Å². The van der Waals surface area contributed by atoms with Crippen LogP contribution in [-0.4, -0.2) is 0 Å². The molecule has 0 fully saturated rings. The van der Waals surface area contributed by atoms with Gasteiger partial charge in [0, 0.05) is 37.2 Å². The van der Waals surface area contributed by atoms with Crippen LogP contribution in [0.15, 0.2) is 237 Å². The Balaban J connectivity index is 0.957. The predicted molar refractivity (Wildman–Crippen MR) is 259 cm³/mol. The molecule has 11 aromatic rings. The Hall–Kier alpha value is -7.52. The van der Waals surface area contributed by atoms with E-state index in [9.17, 15) is 0 Å². The van der Waals surface area contributed by atoms with Crippen LogP contribution in [0.3, 0.4) is 0 Å². The minimum Gasteiger partial charge on any atom is -0.311 e. The van der Waals surface area contributed by atoms with E-state index in [1.807, 2.05) is 11.3 Å². The van der Waals surface area contributed by atoms with Crippen LogP contribution < -0.4 is 4.90 Å². The van der Waals surface area contributed by atoms with Gasteiger partial charge in [0.15, 0.2) is 0 Å². The quantitative estimate of drug-likeness (QED) is 0.148. The molecule has 0 spiro atoms. The van der Waals surface area contributed by atoms with E-state index in [0.717, 1.165) is 17.1 Å². The Morgan fingerprint density at radius 3 is 1.45 bits per heavy atom. The maximum Gasteiger partial charge on any atom is 0.0462 e. The van der Waals surface area contributed by atoms with Crippen LogP contribution in [0.1, 0.15) is 0 Å². The monoisotopic (exact) mass is 781 g/mol. The zero-order valence-corrected chi connectivity index (χ0v) is 33.7. The van der Waals surface area contributed by atoms with Gasteiger partial charge in [0.2, 0.25) is 0 Å². The lowest BCUT2D eigenvalue weighted by Gasteiger charge is -2.26. The fraction of sp³-hybridized carbons (Fsp3) is 0. The number of anilines is 3. The van der Waals surface area contributed by atoms with Gasteiger partial charge >= 0.3 is 0 Å². The molecule has 0 radical (unpaired) electrons. The van der Waals surface area contributed by atoms with Crippen LogP contribution >= 0.6 is 11.3 Å². The third-order valence-corrected chi connectivity index (χ3v) is 12.9. The third kappa shape index (κ3) is 6.54. The molecule has 1 heterocycles. The van der Waals surface area contributed by atoms with Gasteiger partial charge in [-0.3, -0.25) is 0 Å². The number of fused-ring (bicyclic) bond motifs is 4. The molecule has 0 unspecified atom stereocenters. The maximum absolute atomic E-state index is 2.36. The van der Waals surface area contributed by atoms with Crippen LogP contribution in [0.5, 0.6) is 0 Å². The molecule has 10 aromatic carbocycles. The Morgan fingerprint density at radius 1 is 0.283 bits per heavy atom. The zero-order chi connectivity index (χ0) is 39.8. The Labute approximate surface area is 354 Å². The fourth-order valence-electron chi connectivity index (χ4n) is 8.75. The molecule has 0 aliphatic heterocycles. The second-order valence-electron chi connectivity index (χ2n) is 15.3. The summed E-state index contributed by atoms with van der Waals surface area (Å²) >= 11 is 1.89. The normalized spacial score (nSPS) is 11.3. The lowest BCUT2D eigenvalue weighted by Crippen LogP contribution is -2.09. The first kappa shape index (κ1) is 35.6. The van der Waals surface area contributed by atoms with Gasteiger partial charge in [-0.25, -0.2) is 0 Å². The molecule has 0 bridgehead atoms. The summed E-state index contributed by atoms with van der Waals surface area (Å²) in [4.78, 5) is 2.36. The number of hydrogen-bond acceptors (Lipinski definition) is 2. The standard InChI is InChI=1S/C58H39NS/c1-3-13-40(14-4-1)41-27-33-48(34-28-41)59(50-37-31-45(32-38-50)52-22-10-18-43-17-7-8-21-51(43)52)49-35-29-42(30-36-49)46-19-9-20-47(39-46)53-23-12-26-56-57(53)55-25-11-24-54(58(55)60-56)44-15-5-2-6-16-44/h1-39H. The average Bonchev–Trinajstić information content (AvgIpc) is 3.72. The second kappa shape index (κ2) is 15.3. The number of nitrogens with zero attached hydrogens (tertiary/aromatic N) is 1.